The molecule has 0 saturated carbocycles. The number of hydrogen-bond donors (Lipinski definition) is 1. The number of nitrogens with zero attached hydrogens (tertiary/aromatic N) is 2. The Morgan fingerprint density at radius 2 is 1.69 bits per heavy atom. The summed E-state index contributed by atoms with van der Waals surface area (Å²) in [5, 5.41) is 0. The van der Waals surface area contributed by atoms with Crippen molar-refractivity contribution < 1.29 is 27.1 Å². The van der Waals surface area contributed by atoms with Crippen molar-refractivity contribution in [2.75, 3.05) is 37.5 Å². The SMILES string of the molecule is O=C(c1cccc(S(=O)(=O)Nc2ccc(F)cc2)c1)N1CCN(C(=O)C2CCCO2)CC1. The predicted octanol–water partition coefficient (Wildman–Crippen LogP) is 2.09. The van der Waals surface area contributed by atoms with Crippen molar-refractivity contribution in [2.24, 2.45) is 0 Å². The lowest BCUT2D eigenvalue weighted by molar-refractivity contribution is -0.142. The molecule has 2 aliphatic rings. The third kappa shape index (κ3) is 4.91. The fourth-order valence-corrected chi connectivity index (χ4v) is 4.92. The Hall–Kier alpha value is -2.98. The normalized spacial score (nSPS) is 19.1. The van der Waals surface area contributed by atoms with Gasteiger partial charge in [0.15, 0.2) is 0 Å². The first-order chi connectivity index (χ1) is 15.3. The van der Waals surface area contributed by atoms with Crippen molar-refractivity contribution in [1.82, 2.24) is 9.80 Å². The lowest BCUT2D eigenvalue weighted by Gasteiger charge is -2.35. The largest absolute Gasteiger partial charge is 0.368 e. The van der Waals surface area contributed by atoms with Crippen molar-refractivity contribution in [3.05, 3.63) is 59.9 Å². The molecule has 2 aromatic rings. The predicted molar refractivity (Wildman–Crippen MR) is 115 cm³/mol. The quantitative estimate of drug-likeness (QED) is 0.736. The van der Waals surface area contributed by atoms with Gasteiger partial charge in [0.2, 0.25) is 0 Å². The molecule has 2 amide bonds. The first-order valence-corrected chi connectivity index (χ1v) is 11.9. The minimum absolute atomic E-state index is 0.0328. The second-order valence-corrected chi connectivity index (χ2v) is 9.44. The molecule has 10 heteroatoms. The number of piperazine rings is 1. The van der Waals surface area contributed by atoms with E-state index >= 15 is 0 Å². The topological polar surface area (TPSA) is 96.0 Å². The molecule has 2 fully saturated rings. The van der Waals surface area contributed by atoms with E-state index in [1.54, 1.807) is 15.9 Å². The molecule has 2 heterocycles. The number of nitrogens with one attached hydrogen (secondary N) is 1. The van der Waals surface area contributed by atoms with Gasteiger partial charge in [0.25, 0.3) is 21.8 Å². The molecule has 170 valence electrons. The molecule has 8 nitrogen and oxygen atoms in total. The van der Waals surface area contributed by atoms with E-state index in [-0.39, 0.29) is 34.1 Å². The number of ether oxygens (including phenoxy) is 1. The van der Waals surface area contributed by atoms with Gasteiger partial charge >= 0.3 is 0 Å². The fraction of sp³-hybridized carbons (Fsp3) is 0.364. The molecule has 1 unspecified atom stereocenters. The van der Waals surface area contributed by atoms with E-state index in [9.17, 15) is 22.4 Å². The summed E-state index contributed by atoms with van der Waals surface area (Å²) < 4.78 is 46.3. The van der Waals surface area contributed by atoms with Crippen LogP contribution in [0.4, 0.5) is 10.1 Å². The third-order valence-corrected chi connectivity index (χ3v) is 6.95. The molecule has 1 N–H and O–H groups in total. The van der Waals surface area contributed by atoms with Crippen LogP contribution in [0.25, 0.3) is 0 Å². The van der Waals surface area contributed by atoms with Gasteiger partial charge in [-0.25, -0.2) is 12.8 Å². The minimum atomic E-state index is -3.95. The highest BCUT2D eigenvalue weighted by Crippen LogP contribution is 2.20. The maximum Gasteiger partial charge on any atom is 0.261 e. The Morgan fingerprint density at radius 1 is 1.00 bits per heavy atom. The number of sulfonamides is 1. The van der Waals surface area contributed by atoms with Gasteiger partial charge in [0, 0.05) is 44.0 Å². The molecule has 4 rings (SSSR count). The lowest BCUT2D eigenvalue weighted by atomic mass is 10.1. The van der Waals surface area contributed by atoms with Crippen LogP contribution in [-0.4, -0.2) is 68.9 Å². The number of amides is 2. The summed E-state index contributed by atoms with van der Waals surface area (Å²) in [4.78, 5) is 28.7. The number of anilines is 1. The highest BCUT2D eigenvalue weighted by atomic mass is 32.2. The number of hydrogen-bond acceptors (Lipinski definition) is 5. The standard InChI is InChI=1S/C22H24FN3O5S/c23-17-6-8-18(9-7-17)24-32(29,30)19-4-1-3-16(15-19)21(27)25-10-12-26(13-11-25)22(28)20-5-2-14-31-20/h1,3-4,6-9,15,20,24H,2,5,10-14H2. The molecule has 2 aromatic carbocycles. The summed E-state index contributed by atoms with van der Waals surface area (Å²) in [7, 11) is -3.95. The van der Waals surface area contributed by atoms with E-state index in [0.29, 0.717) is 32.8 Å². The van der Waals surface area contributed by atoms with Crippen LogP contribution in [0, 0.1) is 5.82 Å². The summed E-state index contributed by atoms with van der Waals surface area (Å²) in [6, 6.07) is 10.7. The van der Waals surface area contributed by atoms with Crippen molar-refractivity contribution in [3.63, 3.8) is 0 Å². The van der Waals surface area contributed by atoms with Crippen molar-refractivity contribution in [3.8, 4) is 0 Å². The number of rotatable bonds is 5. The van der Waals surface area contributed by atoms with Crippen LogP contribution >= 0.6 is 0 Å². The third-order valence-electron chi connectivity index (χ3n) is 5.57. The lowest BCUT2D eigenvalue weighted by Crippen LogP contribution is -2.52. The maximum absolute atomic E-state index is 13.1. The number of halogens is 1. The van der Waals surface area contributed by atoms with Crippen LogP contribution in [0.2, 0.25) is 0 Å². The Labute approximate surface area is 186 Å². The average Bonchev–Trinajstić information content (AvgIpc) is 3.35. The smallest absolute Gasteiger partial charge is 0.261 e. The van der Waals surface area contributed by atoms with Crippen LogP contribution in [0.15, 0.2) is 53.4 Å². The molecule has 2 saturated heterocycles. The second-order valence-electron chi connectivity index (χ2n) is 7.76. The second kappa shape index (κ2) is 9.25. The molecule has 0 bridgehead atoms. The molecule has 32 heavy (non-hydrogen) atoms. The number of carbonyl (C=O) groups is 2. The van der Waals surface area contributed by atoms with Gasteiger partial charge in [-0.1, -0.05) is 6.07 Å². The Bertz CT molecular complexity index is 1090. The highest BCUT2D eigenvalue weighted by molar-refractivity contribution is 7.92. The van der Waals surface area contributed by atoms with Gasteiger partial charge in [0.1, 0.15) is 11.9 Å². The van der Waals surface area contributed by atoms with Gasteiger partial charge < -0.3 is 14.5 Å². The van der Waals surface area contributed by atoms with Crippen molar-refractivity contribution in [1.29, 1.82) is 0 Å². The maximum atomic E-state index is 13.1. The Balaban J connectivity index is 1.41. The fourth-order valence-electron chi connectivity index (χ4n) is 3.82. The van der Waals surface area contributed by atoms with Crippen LogP contribution < -0.4 is 4.72 Å². The van der Waals surface area contributed by atoms with Crippen LogP contribution in [0.1, 0.15) is 23.2 Å². The van der Waals surface area contributed by atoms with E-state index < -0.39 is 15.8 Å². The molecule has 0 radical (unpaired) electrons. The van der Waals surface area contributed by atoms with Crippen molar-refractivity contribution in [2.45, 2.75) is 23.8 Å². The molecule has 0 aliphatic carbocycles. The minimum Gasteiger partial charge on any atom is -0.368 e. The van der Waals surface area contributed by atoms with Gasteiger partial charge in [-0.05, 0) is 55.3 Å². The van der Waals surface area contributed by atoms with E-state index in [1.165, 1.54) is 30.3 Å². The molecule has 0 spiro atoms. The zero-order valence-electron chi connectivity index (χ0n) is 17.4. The zero-order chi connectivity index (χ0) is 22.7. The zero-order valence-corrected chi connectivity index (χ0v) is 18.2. The summed E-state index contributed by atoms with van der Waals surface area (Å²) >= 11 is 0. The monoisotopic (exact) mass is 461 g/mol. The molecule has 2 aliphatic heterocycles. The first-order valence-electron chi connectivity index (χ1n) is 10.4. The van der Waals surface area contributed by atoms with Gasteiger partial charge in [0.05, 0.1) is 4.90 Å². The summed E-state index contributed by atoms with van der Waals surface area (Å²) in [6.45, 7) is 2.15. The molecule has 1 atom stereocenters. The van der Waals surface area contributed by atoms with E-state index in [0.717, 1.165) is 25.0 Å². The first kappa shape index (κ1) is 22.2. The number of carbonyl (C=O) groups excluding carboxylic acids is 2. The van der Waals surface area contributed by atoms with E-state index in [4.69, 9.17) is 4.74 Å². The molecular formula is C22H24FN3O5S. The summed E-state index contributed by atoms with van der Waals surface area (Å²) in [5.41, 5.74) is 0.459. The summed E-state index contributed by atoms with van der Waals surface area (Å²) in [6.07, 6.45) is 1.22. The van der Waals surface area contributed by atoms with Gasteiger partial charge in [-0.15, -0.1) is 0 Å². The number of benzene rings is 2. The highest BCUT2D eigenvalue weighted by Gasteiger charge is 2.31. The summed E-state index contributed by atoms with van der Waals surface area (Å²) in [5.74, 6) is -0.805. The van der Waals surface area contributed by atoms with Crippen LogP contribution in [-0.2, 0) is 19.6 Å². The van der Waals surface area contributed by atoms with Crippen LogP contribution in [0.3, 0.4) is 0 Å². The molecular weight excluding hydrogens is 437 g/mol. The van der Waals surface area contributed by atoms with Crippen molar-refractivity contribution >= 4 is 27.5 Å². The van der Waals surface area contributed by atoms with Gasteiger partial charge in [-0.2, -0.15) is 0 Å². The van der Waals surface area contributed by atoms with E-state index in [1.807, 2.05) is 0 Å². The van der Waals surface area contributed by atoms with E-state index in [2.05, 4.69) is 4.72 Å². The Kier molecular flexibility index (Phi) is 6.43. The molecule has 0 aromatic heterocycles. The Morgan fingerprint density at radius 3 is 2.34 bits per heavy atom. The van der Waals surface area contributed by atoms with Crippen LogP contribution in [0.5, 0.6) is 0 Å². The van der Waals surface area contributed by atoms with Gasteiger partial charge in [-0.3, -0.25) is 14.3 Å². The average molecular weight is 462 g/mol.